The Hall–Kier alpha value is -3.21. The maximum absolute atomic E-state index is 13.4. The number of nitrogens with zero attached hydrogens (tertiary/aromatic N) is 3. The number of carbonyl (C=O) groups excluding carboxylic acids is 1. The van der Waals surface area contributed by atoms with Gasteiger partial charge in [0.2, 0.25) is 0 Å². The molecule has 2 aromatic carbocycles. The van der Waals surface area contributed by atoms with Crippen molar-refractivity contribution in [3.8, 4) is 0 Å². The van der Waals surface area contributed by atoms with Gasteiger partial charge < -0.3 is 10.3 Å². The van der Waals surface area contributed by atoms with E-state index in [1.165, 1.54) is 24.5 Å². The zero-order valence-corrected chi connectivity index (χ0v) is 20.2. The quantitative estimate of drug-likeness (QED) is 0.341. The molecule has 2 heterocycles. The largest absolute Gasteiger partial charge is 0.383 e. The summed E-state index contributed by atoms with van der Waals surface area (Å²) in [6.07, 6.45) is 2.96. The van der Waals surface area contributed by atoms with E-state index in [0.29, 0.717) is 11.0 Å². The molecule has 12 heteroatoms. The smallest absolute Gasteiger partial charge is 0.261 e. The number of halogens is 3. The third-order valence-corrected chi connectivity index (χ3v) is 7.10. The van der Waals surface area contributed by atoms with Crippen molar-refractivity contribution in [2.75, 3.05) is 10.5 Å². The zero-order valence-electron chi connectivity index (χ0n) is 17.9. The van der Waals surface area contributed by atoms with Gasteiger partial charge in [-0.05, 0) is 50.2 Å². The Morgan fingerprint density at radius 3 is 2.53 bits per heavy atom. The van der Waals surface area contributed by atoms with E-state index in [2.05, 4.69) is 14.7 Å². The van der Waals surface area contributed by atoms with Crippen molar-refractivity contribution < 1.29 is 17.6 Å². The molecule has 0 unspecified atom stereocenters. The normalized spacial score (nSPS) is 11.8. The Morgan fingerprint density at radius 2 is 1.85 bits per heavy atom. The Bertz CT molecular complexity index is 1550. The molecule has 34 heavy (non-hydrogen) atoms. The fraction of sp³-hybridized carbons (Fsp3) is 0.136. The summed E-state index contributed by atoms with van der Waals surface area (Å²) < 4.78 is 43.2. The lowest BCUT2D eigenvalue weighted by Crippen LogP contribution is -2.14. The number of nitrogens with one attached hydrogen (secondary N) is 1. The van der Waals surface area contributed by atoms with Crippen LogP contribution in [0.25, 0.3) is 11.0 Å². The molecule has 2 aromatic heterocycles. The van der Waals surface area contributed by atoms with E-state index >= 15 is 0 Å². The molecule has 0 radical (unpaired) electrons. The van der Waals surface area contributed by atoms with Gasteiger partial charge in [-0.2, -0.15) is 0 Å². The number of fused-ring (bicyclic) bond motifs is 1. The third-order valence-electron chi connectivity index (χ3n) is 5.11. The minimum absolute atomic E-state index is 0.00604. The molecule has 0 fully saturated rings. The zero-order chi connectivity index (χ0) is 24.8. The number of anilines is 2. The van der Waals surface area contributed by atoms with Gasteiger partial charge in [-0.15, -0.1) is 0 Å². The number of benzene rings is 2. The van der Waals surface area contributed by atoms with Gasteiger partial charge in [0.25, 0.3) is 10.0 Å². The molecule has 0 aliphatic heterocycles. The summed E-state index contributed by atoms with van der Waals surface area (Å²) in [5, 5.41) is 0.110. The number of ketones is 1. The first-order chi connectivity index (χ1) is 16.0. The van der Waals surface area contributed by atoms with E-state index < -0.39 is 21.6 Å². The minimum Gasteiger partial charge on any atom is -0.383 e. The first-order valence-electron chi connectivity index (χ1n) is 9.92. The Kier molecular flexibility index (Phi) is 6.24. The van der Waals surface area contributed by atoms with Crippen molar-refractivity contribution in [3.05, 3.63) is 75.9 Å². The monoisotopic (exact) mass is 521 g/mol. The molecule has 0 amide bonds. The van der Waals surface area contributed by atoms with Gasteiger partial charge in [-0.1, -0.05) is 23.2 Å². The Labute approximate surface area is 204 Å². The van der Waals surface area contributed by atoms with Crippen LogP contribution < -0.4 is 10.5 Å². The van der Waals surface area contributed by atoms with E-state index in [1.54, 1.807) is 10.8 Å². The van der Waals surface area contributed by atoms with Crippen molar-refractivity contribution in [2.24, 2.45) is 0 Å². The summed E-state index contributed by atoms with van der Waals surface area (Å²) in [6.45, 7) is 3.87. The Balaban J connectivity index is 1.76. The van der Waals surface area contributed by atoms with Crippen LogP contribution in [0.4, 0.5) is 15.9 Å². The van der Waals surface area contributed by atoms with Crippen LogP contribution in [0.2, 0.25) is 10.0 Å². The van der Waals surface area contributed by atoms with E-state index in [1.807, 2.05) is 13.8 Å². The first-order valence-corrected chi connectivity index (χ1v) is 12.2. The molecule has 4 aromatic rings. The summed E-state index contributed by atoms with van der Waals surface area (Å²) in [7, 11) is -4.17. The summed E-state index contributed by atoms with van der Waals surface area (Å²) in [4.78, 5) is 21.4. The van der Waals surface area contributed by atoms with E-state index in [4.69, 9.17) is 28.9 Å². The van der Waals surface area contributed by atoms with Crippen molar-refractivity contribution in [1.29, 1.82) is 0 Å². The topological polar surface area (TPSA) is 120 Å². The predicted molar refractivity (Wildman–Crippen MR) is 129 cm³/mol. The van der Waals surface area contributed by atoms with E-state index in [0.717, 1.165) is 18.2 Å². The molecule has 4 rings (SSSR count). The maximum atomic E-state index is 13.4. The van der Waals surface area contributed by atoms with Crippen LogP contribution in [-0.4, -0.2) is 28.7 Å². The summed E-state index contributed by atoms with van der Waals surface area (Å²) >= 11 is 11.9. The van der Waals surface area contributed by atoms with Crippen molar-refractivity contribution in [3.63, 3.8) is 0 Å². The standard InChI is InChI=1S/C22H18Cl2FN5O3S/c1-11(2)30-9-14(19-21(26)27-10-28-22(19)30)20(31)12-3-5-15(23)18(7-12)29-34(32,33)13-4-6-17(25)16(24)8-13/h3-11,29H,1-2H3,(H2,26,27,28). The number of hydrogen-bond donors (Lipinski definition) is 2. The van der Waals surface area contributed by atoms with Gasteiger partial charge in [-0.3, -0.25) is 9.52 Å². The molecule has 0 saturated carbocycles. The SMILES string of the molecule is CC(C)n1cc(C(=O)c2ccc(Cl)c(NS(=O)(=O)c3ccc(F)c(Cl)c3)c2)c2c(N)ncnc21. The van der Waals surface area contributed by atoms with Gasteiger partial charge in [0, 0.05) is 17.8 Å². The average Bonchev–Trinajstić information content (AvgIpc) is 3.18. The molecule has 0 saturated heterocycles. The molecular formula is C22H18Cl2FN5O3S. The third kappa shape index (κ3) is 4.31. The maximum Gasteiger partial charge on any atom is 0.261 e. The van der Waals surface area contributed by atoms with Gasteiger partial charge in [0.05, 0.1) is 31.6 Å². The summed E-state index contributed by atoms with van der Waals surface area (Å²) in [6, 6.07) is 7.15. The van der Waals surface area contributed by atoms with Crippen LogP contribution in [-0.2, 0) is 10.0 Å². The highest BCUT2D eigenvalue weighted by molar-refractivity contribution is 7.92. The van der Waals surface area contributed by atoms with Crippen LogP contribution in [0.5, 0.6) is 0 Å². The average molecular weight is 522 g/mol. The van der Waals surface area contributed by atoms with Crippen molar-refractivity contribution >= 4 is 61.5 Å². The highest BCUT2D eigenvalue weighted by Gasteiger charge is 2.23. The summed E-state index contributed by atoms with van der Waals surface area (Å²) in [5.74, 6) is -1.03. The van der Waals surface area contributed by atoms with E-state index in [-0.39, 0.29) is 43.6 Å². The lowest BCUT2D eigenvalue weighted by atomic mass is 10.0. The number of sulfonamides is 1. The molecule has 0 aliphatic rings. The number of nitrogens with two attached hydrogens (primary N) is 1. The highest BCUT2D eigenvalue weighted by atomic mass is 35.5. The molecule has 0 bridgehead atoms. The first kappa shape index (κ1) is 23.9. The minimum atomic E-state index is -4.17. The van der Waals surface area contributed by atoms with Crippen LogP contribution in [0.1, 0.15) is 35.8 Å². The number of aromatic nitrogens is 3. The molecule has 0 spiro atoms. The van der Waals surface area contributed by atoms with E-state index in [9.17, 15) is 17.6 Å². The van der Waals surface area contributed by atoms with Crippen LogP contribution in [0.3, 0.4) is 0 Å². The number of nitrogen functional groups attached to an aromatic ring is 1. The number of rotatable bonds is 6. The van der Waals surface area contributed by atoms with Gasteiger partial charge >= 0.3 is 0 Å². The second-order valence-corrected chi connectivity index (χ2v) is 10.2. The lowest BCUT2D eigenvalue weighted by molar-refractivity contribution is 0.104. The van der Waals surface area contributed by atoms with Crippen LogP contribution in [0, 0.1) is 5.82 Å². The van der Waals surface area contributed by atoms with Crippen molar-refractivity contribution in [2.45, 2.75) is 24.8 Å². The fourth-order valence-electron chi connectivity index (χ4n) is 3.42. The molecule has 3 N–H and O–H groups in total. The second-order valence-electron chi connectivity index (χ2n) is 7.71. The van der Waals surface area contributed by atoms with Crippen LogP contribution >= 0.6 is 23.2 Å². The lowest BCUT2D eigenvalue weighted by Gasteiger charge is -2.11. The molecule has 0 atom stereocenters. The van der Waals surface area contributed by atoms with Crippen LogP contribution in [0.15, 0.2) is 53.8 Å². The second kappa shape index (κ2) is 8.86. The molecule has 8 nitrogen and oxygen atoms in total. The van der Waals surface area contributed by atoms with Crippen molar-refractivity contribution in [1.82, 2.24) is 14.5 Å². The number of carbonyl (C=O) groups is 1. The fourth-order valence-corrected chi connectivity index (χ4v) is 4.98. The van der Waals surface area contributed by atoms with Gasteiger partial charge in [0.15, 0.2) is 5.78 Å². The molecule has 176 valence electrons. The molecule has 0 aliphatic carbocycles. The predicted octanol–water partition coefficient (Wildman–Crippen LogP) is 5.07. The highest BCUT2D eigenvalue weighted by Crippen LogP contribution is 2.31. The van der Waals surface area contributed by atoms with Gasteiger partial charge in [-0.25, -0.2) is 22.8 Å². The Morgan fingerprint density at radius 1 is 1.12 bits per heavy atom. The number of hydrogen-bond acceptors (Lipinski definition) is 6. The summed E-state index contributed by atoms with van der Waals surface area (Å²) in [5.41, 5.74) is 6.94. The molecular weight excluding hydrogens is 504 g/mol. The van der Waals surface area contributed by atoms with Gasteiger partial charge in [0.1, 0.15) is 23.6 Å².